The van der Waals surface area contributed by atoms with E-state index >= 15 is 0 Å². The van der Waals surface area contributed by atoms with Crippen LogP contribution in [-0.2, 0) is 16.0 Å². The number of benzene rings is 3. The predicted octanol–water partition coefficient (Wildman–Crippen LogP) is 1.35. The van der Waals surface area contributed by atoms with E-state index < -0.39 is 18.1 Å². The van der Waals surface area contributed by atoms with Gasteiger partial charge in [0.15, 0.2) is 0 Å². The number of nitrogens with one attached hydrogen (secondary N) is 1. The van der Waals surface area contributed by atoms with Crippen molar-refractivity contribution in [3.05, 3.63) is 87.4 Å². The number of hydrogen-bond acceptors (Lipinski definition) is 6. The second-order valence-corrected chi connectivity index (χ2v) is 8.83. The summed E-state index contributed by atoms with van der Waals surface area (Å²) in [5, 5.41) is 15.1. The Morgan fingerprint density at radius 1 is 1.14 bits per heavy atom. The van der Waals surface area contributed by atoms with Crippen LogP contribution in [0.25, 0.3) is 0 Å². The smallest absolute Gasteiger partial charge is 0.549 e. The molecule has 0 saturated heterocycles. The van der Waals surface area contributed by atoms with Gasteiger partial charge >= 0.3 is 29.6 Å². The molecule has 2 atom stereocenters. The summed E-state index contributed by atoms with van der Waals surface area (Å²) >= 11 is 12.4. The zero-order valence-electron chi connectivity index (χ0n) is 19.8. The van der Waals surface area contributed by atoms with Crippen molar-refractivity contribution in [2.24, 2.45) is 0 Å². The molecule has 1 aliphatic rings. The van der Waals surface area contributed by atoms with Gasteiger partial charge in [0, 0.05) is 47.6 Å². The van der Waals surface area contributed by atoms with E-state index in [1.807, 2.05) is 18.2 Å². The Morgan fingerprint density at radius 3 is 2.56 bits per heavy atom. The van der Waals surface area contributed by atoms with E-state index in [9.17, 15) is 14.7 Å². The van der Waals surface area contributed by atoms with Crippen molar-refractivity contribution in [1.29, 1.82) is 0 Å². The first-order valence-electron chi connectivity index (χ1n) is 10.9. The van der Waals surface area contributed by atoms with Crippen molar-refractivity contribution in [2.75, 3.05) is 13.7 Å². The van der Waals surface area contributed by atoms with Gasteiger partial charge in [-0.1, -0.05) is 35.3 Å². The molecule has 10 heteroatoms. The van der Waals surface area contributed by atoms with E-state index in [0.717, 1.165) is 5.56 Å². The Hall–Kier alpha value is -2.26. The minimum atomic E-state index is -1.17. The van der Waals surface area contributed by atoms with Crippen LogP contribution in [0.4, 0.5) is 0 Å². The largest absolute Gasteiger partial charge is 1.00 e. The predicted molar refractivity (Wildman–Crippen MR) is 129 cm³/mol. The molecule has 1 aliphatic heterocycles. The molecule has 0 bridgehead atoms. The van der Waals surface area contributed by atoms with Crippen molar-refractivity contribution in [1.82, 2.24) is 5.32 Å². The van der Waals surface area contributed by atoms with Crippen LogP contribution in [0.1, 0.15) is 33.8 Å². The Kier molecular flexibility index (Phi) is 10.1. The first-order chi connectivity index (χ1) is 16.8. The summed E-state index contributed by atoms with van der Waals surface area (Å²) in [4.78, 5) is 24.1. The zero-order valence-corrected chi connectivity index (χ0v) is 23.3. The Morgan fingerprint density at radius 2 is 1.89 bits per heavy atom. The molecule has 2 unspecified atom stereocenters. The first-order valence-corrected chi connectivity index (χ1v) is 11.6. The molecule has 0 saturated carbocycles. The zero-order chi connectivity index (χ0) is 24.9. The van der Waals surface area contributed by atoms with Gasteiger partial charge in [0.1, 0.15) is 23.5 Å². The van der Waals surface area contributed by atoms with Gasteiger partial charge in [-0.05, 0) is 54.4 Å². The second-order valence-electron chi connectivity index (χ2n) is 7.99. The van der Waals surface area contributed by atoms with Crippen molar-refractivity contribution < 1.29 is 58.5 Å². The quantitative estimate of drug-likeness (QED) is 0.344. The third kappa shape index (κ3) is 6.94. The molecule has 0 aromatic heterocycles. The van der Waals surface area contributed by atoms with E-state index in [1.54, 1.807) is 36.4 Å². The maximum Gasteiger partial charge on any atom is 1.00 e. The molecule has 3 aromatic carbocycles. The number of rotatable bonds is 8. The average molecular weight is 538 g/mol. The number of methoxy groups -OCH3 is 1. The van der Waals surface area contributed by atoms with Crippen LogP contribution in [0.5, 0.6) is 17.2 Å². The molecule has 182 valence electrons. The second kappa shape index (κ2) is 12.8. The molecule has 0 radical (unpaired) electrons. The van der Waals surface area contributed by atoms with Crippen LogP contribution in [0, 0.1) is 0 Å². The number of carbonyl (C=O) groups excluding carboxylic acids is 2. The fourth-order valence-electron chi connectivity index (χ4n) is 3.81. The maximum atomic E-state index is 12.7. The standard InChI is InChI=1S/C26H23Cl2NO6.Na/c1-33-24(12-15-3-2-4-17(27)11-15)29-25(30)16-5-7-18(8-6-16)35-23-14-22-20(13-21(23)28)19(26(31)32)9-10-34-22;/h2-8,11,13-14,19,24H,9-10,12H2,1H3,(H,29,30)(H,31,32);/q;+1/p-1. The molecule has 0 aliphatic carbocycles. The number of carbonyl (C=O) groups is 2. The van der Waals surface area contributed by atoms with Crippen LogP contribution in [-0.4, -0.2) is 31.8 Å². The Balaban J connectivity index is 0.00000361. The SMILES string of the molecule is COC(Cc1cccc(Cl)c1)NC(=O)c1ccc(Oc2cc3c(cc2Cl)C(C(=O)[O-])CCO3)cc1.[Na+]. The van der Waals surface area contributed by atoms with Gasteiger partial charge in [-0.2, -0.15) is 0 Å². The van der Waals surface area contributed by atoms with E-state index in [2.05, 4.69) is 5.32 Å². The summed E-state index contributed by atoms with van der Waals surface area (Å²) in [6.07, 6.45) is 0.246. The van der Waals surface area contributed by atoms with Crippen molar-refractivity contribution in [3.63, 3.8) is 0 Å². The molecule has 7 nitrogen and oxygen atoms in total. The summed E-state index contributed by atoms with van der Waals surface area (Å²) in [6, 6.07) is 16.9. The molecule has 3 aromatic rings. The molecule has 0 fully saturated rings. The van der Waals surface area contributed by atoms with Crippen LogP contribution >= 0.6 is 23.2 Å². The van der Waals surface area contributed by atoms with Crippen molar-refractivity contribution in [2.45, 2.75) is 25.0 Å². The van der Waals surface area contributed by atoms with Crippen molar-refractivity contribution >= 4 is 35.1 Å². The molecule has 36 heavy (non-hydrogen) atoms. The number of ether oxygens (including phenoxy) is 3. The Labute approximate surface area is 240 Å². The number of amides is 1. The number of carboxylic acids is 1. The third-order valence-electron chi connectivity index (χ3n) is 5.62. The molecule has 4 rings (SSSR count). The summed E-state index contributed by atoms with van der Waals surface area (Å²) in [5.41, 5.74) is 1.82. The van der Waals surface area contributed by atoms with Gasteiger partial charge in [-0.15, -0.1) is 0 Å². The van der Waals surface area contributed by atoms with Gasteiger partial charge in [0.2, 0.25) is 0 Å². The first kappa shape index (κ1) is 28.3. The van der Waals surface area contributed by atoms with Crippen molar-refractivity contribution in [3.8, 4) is 17.2 Å². The summed E-state index contributed by atoms with van der Waals surface area (Å²) in [7, 11) is 1.52. The van der Waals surface area contributed by atoms with E-state index in [1.165, 1.54) is 13.2 Å². The third-order valence-corrected chi connectivity index (χ3v) is 6.15. The number of aliphatic carboxylic acids is 1. The topological polar surface area (TPSA) is 96.9 Å². The summed E-state index contributed by atoms with van der Waals surface area (Å²) in [6.45, 7) is 0.260. The summed E-state index contributed by atoms with van der Waals surface area (Å²) in [5.74, 6) is -1.11. The molecule has 1 heterocycles. The molecule has 1 N–H and O–H groups in total. The van der Waals surface area contributed by atoms with E-state index in [-0.39, 0.29) is 47.1 Å². The normalized spacial score (nSPS) is 15.0. The monoisotopic (exact) mass is 537 g/mol. The van der Waals surface area contributed by atoms with E-state index in [4.69, 9.17) is 37.4 Å². The van der Waals surface area contributed by atoms with Gasteiger partial charge in [-0.25, -0.2) is 0 Å². The minimum absolute atomic E-state index is 0. The van der Waals surface area contributed by atoms with Crippen LogP contribution in [0.15, 0.2) is 60.7 Å². The molecular formula is C26H22Cl2NNaO6. The minimum Gasteiger partial charge on any atom is -0.549 e. The molecule has 0 spiro atoms. The van der Waals surface area contributed by atoms with Gasteiger partial charge in [-0.3, -0.25) is 4.79 Å². The van der Waals surface area contributed by atoms with Crippen LogP contribution in [0.3, 0.4) is 0 Å². The fourth-order valence-corrected chi connectivity index (χ4v) is 4.24. The van der Waals surface area contributed by atoms with Crippen LogP contribution < -0.4 is 49.5 Å². The van der Waals surface area contributed by atoms with E-state index in [0.29, 0.717) is 46.2 Å². The number of hydrogen-bond donors (Lipinski definition) is 1. The Bertz CT molecular complexity index is 1240. The molecule has 1 amide bonds. The maximum absolute atomic E-state index is 12.7. The summed E-state index contributed by atoms with van der Waals surface area (Å²) < 4.78 is 16.8. The fraction of sp³-hybridized carbons (Fsp3) is 0.231. The molecular weight excluding hydrogens is 516 g/mol. The number of carboxylic acid groups (broad SMARTS) is 1. The number of halogens is 2. The number of fused-ring (bicyclic) bond motifs is 1. The van der Waals surface area contributed by atoms with Gasteiger partial charge < -0.3 is 29.4 Å². The average Bonchev–Trinajstić information content (AvgIpc) is 2.84. The van der Waals surface area contributed by atoms with Gasteiger partial charge in [0.05, 0.1) is 11.6 Å². The van der Waals surface area contributed by atoms with Gasteiger partial charge in [0.25, 0.3) is 5.91 Å². The van der Waals surface area contributed by atoms with Crippen LogP contribution in [0.2, 0.25) is 10.0 Å².